The summed E-state index contributed by atoms with van der Waals surface area (Å²) in [5, 5.41) is 0. The van der Waals surface area contributed by atoms with Crippen LogP contribution >= 0.6 is 0 Å². The number of hydrogen-bond donors (Lipinski definition) is 0. The van der Waals surface area contributed by atoms with Crippen molar-refractivity contribution in [1.82, 2.24) is 19.7 Å². The highest BCUT2D eigenvalue weighted by molar-refractivity contribution is 6.36. The molecule has 1 saturated heterocycles. The lowest BCUT2D eigenvalue weighted by molar-refractivity contribution is -0.144. The fourth-order valence-electron chi connectivity index (χ4n) is 4.84. The van der Waals surface area contributed by atoms with E-state index in [1.807, 2.05) is 54.7 Å². The second-order valence-electron chi connectivity index (χ2n) is 9.48. The van der Waals surface area contributed by atoms with Crippen LogP contribution in [0.25, 0.3) is 0 Å². The summed E-state index contributed by atoms with van der Waals surface area (Å²) in [6.45, 7) is 6.94. The molecule has 36 heavy (non-hydrogen) atoms. The quantitative estimate of drug-likeness (QED) is 0.481. The van der Waals surface area contributed by atoms with Gasteiger partial charge in [0.25, 0.3) is 5.91 Å². The first-order valence-corrected chi connectivity index (χ1v) is 12.6. The lowest BCUT2D eigenvalue weighted by Crippen LogP contribution is -2.45. The number of ether oxygens (including phenoxy) is 1. The minimum Gasteiger partial charge on any atom is -0.491 e. The van der Waals surface area contributed by atoms with Gasteiger partial charge in [-0.2, -0.15) is 0 Å². The van der Waals surface area contributed by atoms with Gasteiger partial charge in [0, 0.05) is 64.0 Å². The molecule has 1 fully saturated rings. The molecule has 3 heterocycles. The van der Waals surface area contributed by atoms with Gasteiger partial charge in [-0.25, -0.2) is 0 Å². The molecular weight excluding hydrogens is 452 g/mol. The van der Waals surface area contributed by atoms with Crippen molar-refractivity contribution in [2.24, 2.45) is 0 Å². The average Bonchev–Trinajstić information content (AvgIpc) is 3.13. The van der Waals surface area contributed by atoms with E-state index in [0.717, 1.165) is 61.8 Å². The number of aromatic nitrogens is 1. The third-order valence-electron chi connectivity index (χ3n) is 6.82. The molecule has 2 aliphatic rings. The van der Waals surface area contributed by atoms with Crippen LogP contribution in [0.2, 0.25) is 0 Å². The molecule has 0 N–H and O–H groups in total. The van der Waals surface area contributed by atoms with Crippen LogP contribution in [0.1, 0.15) is 22.4 Å². The highest BCUT2D eigenvalue weighted by Crippen LogP contribution is 2.25. The lowest BCUT2D eigenvalue weighted by atomic mass is 10.1. The summed E-state index contributed by atoms with van der Waals surface area (Å²) in [6.07, 6.45) is 1.97. The number of carbonyl (C=O) groups is 2. The van der Waals surface area contributed by atoms with Gasteiger partial charge in [-0.15, -0.1) is 0 Å². The minimum absolute atomic E-state index is 0.121. The monoisotopic (exact) mass is 484 g/mol. The Balaban J connectivity index is 1.17. The third kappa shape index (κ3) is 6.17. The van der Waals surface area contributed by atoms with E-state index < -0.39 is 5.91 Å². The molecule has 0 saturated carbocycles. The number of piperazine rings is 1. The van der Waals surface area contributed by atoms with Gasteiger partial charge in [-0.05, 0) is 35.4 Å². The fraction of sp³-hybridized carbons (Fsp3) is 0.345. The van der Waals surface area contributed by atoms with E-state index in [2.05, 4.69) is 33.0 Å². The van der Waals surface area contributed by atoms with Crippen LogP contribution in [0, 0.1) is 0 Å². The van der Waals surface area contributed by atoms with Crippen molar-refractivity contribution >= 4 is 11.7 Å². The van der Waals surface area contributed by atoms with Crippen molar-refractivity contribution in [2.45, 2.75) is 26.1 Å². The highest BCUT2D eigenvalue weighted by atomic mass is 16.5. The molecule has 0 unspecified atom stereocenters. The van der Waals surface area contributed by atoms with Crippen LogP contribution in [-0.2, 0) is 35.6 Å². The first kappa shape index (κ1) is 24.2. The van der Waals surface area contributed by atoms with Crippen LogP contribution in [0.3, 0.4) is 0 Å². The normalized spacial score (nSPS) is 16.6. The van der Waals surface area contributed by atoms with Crippen LogP contribution in [-0.4, -0.2) is 70.7 Å². The molecule has 0 atom stereocenters. The Hall–Kier alpha value is -3.55. The van der Waals surface area contributed by atoms with E-state index in [1.54, 1.807) is 4.90 Å². The Morgan fingerprint density at radius 3 is 2.31 bits per heavy atom. The summed E-state index contributed by atoms with van der Waals surface area (Å²) in [5.41, 5.74) is 4.11. The number of benzene rings is 2. The van der Waals surface area contributed by atoms with E-state index in [-0.39, 0.29) is 12.2 Å². The van der Waals surface area contributed by atoms with Crippen molar-refractivity contribution in [3.8, 4) is 5.75 Å². The number of pyridine rings is 1. The predicted octanol–water partition coefficient (Wildman–Crippen LogP) is 2.93. The number of rotatable bonds is 7. The van der Waals surface area contributed by atoms with Crippen LogP contribution in [0.4, 0.5) is 0 Å². The summed E-state index contributed by atoms with van der Waals surface area (Å²) in [6, 6.07) is 21.7. The maximum Gasteiger partial charge on any atom is 0.290 e. The lowest BCUT2D eigenvalue weighted by Gasteiger charge is -2.34. The Labute approximate surface area is 212 Å². The van der Waals surface area contributed by atoms with E-state index in [1.165, 1.54) is 5.56 Å². The van der Waals surface area contributed by atoms with Gasteiger partial charge in [0.05, 0.1) is 12.2 Å². The Morgan fingerprint density at radius 1 is 0.806 bits per heavy atom. The summed E-state index contributed by atoms with van der Waals surface area (Å²) in [4.78, 5) is 36.6. The third-order valence-corrected chi connectivity index (χ3v) is 6.82. The number of hydrogen-bond acceptors (Lipinski definition) is 6. The van der Waals surface area contributed by atoms with Crippen molar-refractivity contribution in [1.29, 1.82) is 0 Å². The zero-order chi connectivity index (χ0) is 24.7. The SMILES string of the molecule is O=C(Cc1ccccc1)C(=O)N1CCOc2ccc(CN3CCN(Cc4ccccn4)CC3)cc2C1. The zero-order valence-corrected chi connectivity index (χ0v) is 20.5. The van der Waals surface area contributed by atoms with Crippen molar-refractivity contribution in [2.75, 3.05) is 39.3 Å². The van der Waals surface area contributed by atoms with Gasteiger partial charge < -0.3 is 9.64 Å². The standard InChI is InChI=1S/C29H32N4O3/c34-27(19-23-6-2-1-3-7-23)29(35)33-16-17-36-28-10-9-24(18-25(28)21-33)20-31-12-14-32(15-13-31)22-26-8-4-5-11-30-26/h1-11,18H,12-17,19-22H2. The zero-order valence-electron chi connectivity index (χ0n) is 20.5. The molecule has 0 spiro atoms. The molecule has 1 aromatic heterocycles. The number of nitrogens with zero attached hydrogens (tertiary/aromatic N) is 4. The number of carbonyl (C=O) groups excluding carboxylic acids is 2. The molecule has 2 aliphatic heterocycles. The largest absolute Gasteiger partial charge is 0.491 e. The second-order valence-corrected chi connectivity index (χ2v) is 9.48. The minimum atomic E-state index is -0.440. The molecule has 2 aromatic carbocycles. The molecule has 3 aromatic rings. The Morgan fingerprint density at radius 2 is 1.56 bits per heavy atom. The second kappa shape index (κ2) is 11.5. The molecule has 5 rings (SSSR count). The topological polar surface area (TPSA) is 66.0 Å². The van der Waals surface area contributed by atoms with Crippen molar-refractivity contribution in [3.63, 3.8) is 0 Å². The summed E-state index contributed by atoms with van der Waals surface area (Å²) in [7, 11) is 0. The van der Waals surface area contributed by atoms with Gasteiger partial charge in [0.15, 0.2) is 0 Å². The molecule has 0 aliphatic carbocycles. The number of ketones is 1. The maximum absolute atomic E-state index is 12.9. The maximum atomic E-state index is 12.9. The van der Waals surface area contributed by atoms with E-state index in [0.29, 0.717) is 19.7 Å². The van der Waals surface area contributed by atoms with Crippen LogP contribution in [0.5, 0.6) is 5.75 Å². The van der Waals surface area contributed by atoms with Gasteiger partial charge in [0.2, 0.25) is 5.78 Å². The Bertz CT molecular complexity index is 1180. The van der Waals surface area contributed by atoms with E-state index >= 15 is 0 Å². The molecular formula is C29H32N4O3. The smallest absolute Gasteiger partial charge is 0.290 e. The summed E-state index contributed by atoms with van der Waals surface area (Å²) >= 11 is 0. The van der Waals surface area contributed by atoms with Gasteiger partial charge in [-0.1, -0.05) is 42.5 Å². The Kier molecular flexibility index (Phi) is 7.69. The predicted molar refractivity (Wildman–Crippen MR) is 137 cm³/mol. The molecule has 0 bridgehead atoms. The molecule has 7 heteroatoms. The molecule has 1 amide bonds. The number of Topliss-reactive ketones (excluding diaryl/α,β-unsaturated/α-hetero) is 1. The fourth-order valence-corrected chi connectivity index (χ4v) is 4.84. The van der Waals surface area contributed by atoms with Crippen LogP contribution in [0.15, 0.2) is 72.9 Å². The summed E-state index contributed by atoms with van der Waals surface area (Å²) in [5.74, 6) is -0.0288. The molecule has 0 radical (unpaired) electrons. The van der Waals surface area contributed by atoms with Crippen LogP contribution < -0.4 is 4.74 Å². The molecule has 186 valence electrons. The first-order chi connectivity index (χ1) is 17.6. The van der Waals surface area contributed by atoms with Crippen molar-refractivity contribution in [3.05, 3.63) is 95.3 Å². The summed E-state index contributed by atoms with van der Waals surface area (Å²) < 4.78 is 5.91. The first-order valence-electron chi connectivity index (χ1n) is 12.6. The number of amides is 1. The number of fused-ring (bicyclic) bond motifs is 1. The van der Waals surface area contributed by atoms with Gasteiger partial charge in [0.1, 0.15) is 12.4 Å². The molecule has 7 nitrogen and oxygen atoms in total. The van der Waals surface area contributed by atoms with E-state index in [9.17, 15) is 9.59 Å². The van der Waals surface area contributed by atoms with Gasteiger partial charge in [-0.3, -0.25) is 24.4 Å². The van der Waals surface area contributed by atoms with Gasteiger partial charge >= 0.3 is 0 Å². The van der Waals surface area contributed by atoms with Crippen molar-refractivity contribution < 1.29 is 14.3 Å². The average molecular weight is 485 g/mol. The van der Waals surface area contributed by atoms with E-state index in [4.69, 9.17) is 4.74 Å². The highest BCUT2D eigenvalue weighted by Gasteiger charge is 2.26.